The highest BCUT2D eigenvalue weighted by Crippen LogP contribution is 2.28. The Morgan fingerprint density at radius 1 is 1.25 bits per heavy atom. The highest BCUT2D eigenvalue weighted by Gasteiger charge is 2.05. The molecule has 1 aromatic carbocycles. The van der Waals surface area contributed by atoms with Crippen molar-refractivity contribution in [2.45, 2.75) is 18.2 Å². The van der Waals surface area contributed by atoms with E-state index in [2.05, 4.69) is 37.3 Å². The number of hydrogen-bond acceptors (Lipinski definition) is 1. The Bertz CT molecular complexity index is 313. The molecule has 0 bridgehead atoms. The Kier molecular flexibility index (Phi) is 2.22. The summed E-state index contributed by atoms with van der Waals surface area (Å²) in [4.78, 5) is 1.45. The summed E-state index contributed by atoms with van der Waals surface area (Å²) in [6.45, 7) is 2.21. The number of hydrogen-bond donors (Lipinski definition) is 0. The van der Waals surface area contributed by atoms with Crippen molar-refractivity contribution in [1.29, 1.82) is 0 Å². The molecule has 0 fully saturated rings. The van der Waals surface area contributed by atoms with Crippen LogP contribution in [0.4, 0.5) is 0 Å². The molecule has 0 nitrogen and oxygen atoms in total. The molecule has 0 radical (unpaired) electrons. The van der Waals surface area contributed by atoms with E-state index in [-0.39, 0.29) is 0 Å². The third-order valence-electron chi connectivity index (χ3n) is 2.10. The van der Waals surface area contributed by atoms with E-state index in [1.54, 1.807) is 0 Å². The van der Waals surface area contributed by atoms with E-state index in [4.69, 9.17) is 0 Å². The molecule has 1 aliphatic rings. The molecule has 1 aliphatic heterocycles. The van der Waals surface area contributed by atoms with Gasteiger partial charge >= 0.3 is 0 Å². The van der Waals surface area contributed by atoms with E-state index < -0.39 is 0 Å². The van der Waals surface area contributed by atoms with E-state index >= 15 is 0 Å². The summed E-state index contributed by atoms with van der Waals surface area (Å²) in [5.41, 5.74) is 2.97. The molecule has 0 atom stereocenters. The van der Waals surface area contributed by atoms with Crippen LogP contribution in [0.25, 0.3) is 0 Å². The minimum absolute atomic E-state index is 1.11. The Morgan fingerprint density at radius 3 is 3.00 bits per heavy atom. The second kappa shape index (κ2) is 3.36. The minimum Gasteiger partial charge on any atom is -0.121 e. The van der Waals surface area contributed by atoms with Gasteiger partial charge in [-0.3, -0.25) is 0 Å². The molecule has 1 heterocycles. The summed E-state index contributed by atoms with van der Waals surface area (Å²) in [5.74, 6) is 1.15. The van der Waals surface area contributed by atoms with Crippen LogP contribution >= 0.6 is 11.8 Å². The maximum atomic E-state index is 2.33. The second-order valence-corrected chi connectivity index (χ2v) is 4.17. The molecule has 0 amide bonds. The zero-order valence-electron chi connectivity index (χ0n) is 7.21. The molecule has 2 rings (SSSR count). The van der Waals surface area contributed by atoms with Crippen LogP contribution in [0.15, 0.2) is 40.8 Å². The number of allylic oxidation sites excluding steroid dienone is 1. The minimum atomic E-state index is 1.11. The maximum Gasteiger partial charge on any atom is 0.0188 e. The van der Waals surface area contributed by atoms with Crippen LogP contribution in [0, 0.1) is 0 Å². The third kappa shape index (κ3) is 1.56. The van der Waals surface area contributed by atoms with Gasteiger partial charge in [0.1, 0.15) is 0 Å². The van der Waals surface area contributed by atoms with Crippen LogP contribution in [-0.2, 0) is 6.42 Å². The molecule has 62 valence electrons. The lowest BCUT2D eigenvalue weighted by Crippen LogP contribution is -1.81. The first-order chi connectivity index (χ1) is 5.86. The number of benzene rings is 1. The van der Waals surface area contributed by atoms with Crippen LogP contribution in [0.1, 0.15) is 12.5 Å². The molecule has 0 saturated heterocycles. The molecule has 0 spiro atoms. The fraction of sp³-hybridized carbons (Fsp3) is 0.273. The molecule has 0 saturated carbocycles. The van der Waals surface area contributed by atoms with Crippen molar-refractivity contribution in [3.05, 3.63) is 41.5 Å². The van der Waals surface area contributed by atoms with Crippen molar-refractivity contribution in [2.24, 2.45) is 0 Å². The Morgan fingerprint density at radius 2 is 2.08 bits per heavy atom. The van der Waals surface area contributed by atoms with Gasteiger partial charge in [-0.2, -0.15) is 0 Å². The molecule has 1 heteroatoms. The Balaban J connectivity index is 2.35. The SMILES string of the molecule is CC1=CCc2ccccc2SC1. The van der Waals surface area contributed by atoms with Crippen LogP contribution in [0.2, 0.25) is 0 Å². The summed E-state index contributed by atoms with van der Waals surface area (Å²) in [6, 6.07) is 8.67. The highest BCUT2D eigenvalue weighted by molar-refractivity contribution is 7.99. The van der Waals surface area contributed by atoms with Gasteiger partial charge in [-0.1, -0.05) is 29.8 Å². The predicted octanol–water partition coefficient (Wildman–Crippen LogP) is 3.28. The van der Waals surface area contributed by atoms with Gasteiger partial charge in [0.15, 0.2) is 0 Å². The van der Waals surface area contributed by atoms with Gasteiger partial charge in [-0.15, -0.1) is 11.8 Å². The maximum absolute atomic E-state index is 2.33. The van der Waals surface area contributed by atoms with Gasteiger partial charge in [0, 0.05) is 10.6 Å². The van der Waals surface area contributed by atoms with E-state index in [1.165, 1.54) is 16.0 Å². The Hall–Kier alpha value is -0.690. The smallest absolute Gasteiger partial charge is 0.0188 e. The molecule has 0 unspecified atom stereocenters. The lowest BCUT2D eigenvalue weighted by atomic mass is 10.1. The highest BCUT2D eigenvalue weighted by atomic mass is 32.2. The largest absolute Gasteiger partial charge is 0.121 e. The normalized spacial score (nSPS) is 16.2. The van der Waals surface area contributed by atoms with Crippen molar-refractivity contribution in [3.63, 3.8) is 0 Å². The summed E-state index contributed by atoms with van der Waals surface area (Å²) < 4.78 is 0. The van der Waals surface area contributed by atoms with Crippen LogP contribution in [-0.4, -0.2) is 5.75 Å². The average molecular weight is 176 g/mol. The zero-order valence-corrected chi connectivity index (χ0v) is 8.03. The summed E-state index contributed by atoms with van der Waals surface area (Å²) in [6.07, 6.45) is 3.44. The molecule has 12 heavy (non-hydrogen) atoms. The van der Waals surface area contributed by atoms with E-state index in [0.717, 1.165) is 12.2 Å². The van der Waals surface area contributed by atoms with Crippen molar-refractivity contribution in [2.75, 3.05) is 5.75 Å². The van der Waals surface area contributed by atoms with Gasteiger partial charge in [0.25, 0.3) is 0 Å². The quantitative estimate of drug-likeness (QED) is 0.547. The summed E-state index contributed by atoms with van der Waals surface area (Å²) in [5, 5.41) is 0. The van der Waals surface area contributed by atoms with E-state index in [9.17, 15) is 0 Å². The number of thioether (sulfide) groups is 1. The predicted molar refractivity (Wildman–Crippen MR) is 54.6 cm³/mol. The van der Waals surface area contributed by atoms with E-state index in [0.29, 0.717) is 0 Å². The van der Waals surface area contributed by atoms with Crippen LogP contribution in [0.3, 0.4) is 0 Å². The topological polar surface area (TPSA) is 0 Å². The average Bonchev–Trinajstić information content (AvgIpc) is 2.29. The first kappa shape index (κ1) is 7.93. The molecular formula is C11H12S. The Labute approximate surface area is 77.7 Å². The van der Waals surface area contributed by atoms with Crippen LogP contribution < -0.4 is 0 Å². The fourth-order valence-corrected chi connectivity index (χ4v) is 2.36. The van der Waals surface area contributed by atoms with Gasteiger partial charge in [0.2, 0.25) is 0 Å². The van der Waals surface area contributed by atoms with Crippen LogP contribution in [0.5, 0.6) is 0 Å². The van der Waals surface area contributed by atoms with Crippen molar-refractivity contribution >= 4 is 11.8 Å². The molecule has 1 aromatic rings. The summed E-state index contributed by atoms with van der Waals surface area (Å²) in [7, 11) is 0. The fourth-order valence-electron chi connectivity index (χ4n) is 1.35. The van der Waals surface area contributed by atoms with Gasteiger partial charge in [-0.05, 0) is 25.0 Å². The number of rotatable bonds is 0. The molecule has 0 N–H and O–H groups in total. The second-order valence-electron chi connectivity index (χ2n) is 3.15. The standard InChI is InChI=1S/C11H12S/c1-9-6-7-10-4-2-3-5-11(10)12-8-9/h2-6H,7-8H2,1H3. The third-order valence-corrected chi connectivity index (χ3v) is 3.41. The van der Waals surface area contributed by atoms with Crippen molar-refractivity contribution < 1.29 is 0 Å². The van der Waals surface area contributed by atoms with Gasteiger partial charge in [0.05, 0.1) is 0 Å². The van der Waals surface area contributed by atoms with Gasteiger partial charge in [-0.25, -0.2) is 0 Å². The first-order valence-corrected chi connectivity index (χ1v) is 5.21. The zero-order chi connectivity index (χ0) is 8.39. The molecule has 0 aliphatic carbocycles. The molecular weight excluding hydrogens is 164 g/mol. The number of fused-ring (bicyclic) bond motifs is 1. The van der Waals surface area contributed by atoms with E-state index in [1.807, 2.05) is 11.8 Å². The lowest BCUT2D eigenvalue weighted by molar-refractivity contribution is 1.17. The lowest BCUT2D eigenvalue weighted by Gasteiger charge is -2.02. The van der Waals surface area contributed by atoms with Gasteiger partial charge < -0.3 is 0 Å². The summed E-state index contributed by atoms with van der Waals surface area (Å²) >= 11 is 1.95. The monoisotopic (exact) mass is 176 g/mol. The first-order valence-electron chi connectivity index (χ1n) is 4.22. The molecule has 0 aromatic heterocycles. The van der Waals surface area contributed by atoms with Crippen molar-refractivity contribution in [3.8, 4) is 0 Å². The van der Waals surface area contributed by atoms with Crippen molar-refractivity contribution in [1.82, 2.24) is 0 Å².